The Morgan fingerprint density at radius 1 is 1.30 bits per heavy atom. The Labute approximate surface area is 157 Å². The Balaban J connectivity index is 1.81. The lowest BCUT2D eigenvalue weighted by Gasteiger charge is -2.08. The monoisotopic (exact) mass is 381 g/mol. The van der Waals surface area contributed by atoms with Gasteiger partial charge >= 0.3 is 5.69 Å². The van der Waals surface area contributed by atoms with Gasteiger partial charge in [-0.25, -0.2) is 9.78 Å². The number of carbonyl (C=O) groups is 1. The average molecular weight is 381 g/mol. The zero-order valence-corrected chi connectivity index (χ0v) is 15.4. The van der Waals surface area contributed by atoms with E-state index >= 15 is 0 Å². The molecular formula is C18H15N5O3S. The fourth-order valence-corrected chi connectivity index (χ4v) is 3.34. The van der Waals surface area contributed by atoms with Crippen molar-refractivity contribution in [2.75, 3.05) is 11.1 Å². The number of benzene rings is 1. The number of hydrogen-bond acceptors (Lipinski definition) is 6. The molecular weight excluding hydrogens is 366 g/mol. The fraction of sp³-hybridized carbons (Fsp3) is 0.167. The van der Waals surface area contributed by atoms with E-state index in [0.29, 0.717) is 10.6 Å². The van der Waals surface area contributed by atoms with Gasteiger partial charge in [-0.05, 0) is 25.5 Å². The molecule has 0 atom stereocenters. The lowest BCUT2D eigenvalue weighted by molar-refractivity contribution is -0.113. The topological polar surface area (TPSA) is 132 Å². The summed E-state index contributed by atoms with van der Waals surface area (Å²) in [5, 5.41) is 13.1. The Kier molecular flexibility index (Phi) is 5.09. The standard InChI is InChI=1S/C18H15N5O3S/c1-9-4-3-5-11-6-12(7-19)17(22-14(9)11)27-8-13(24)21-15-10(2)20-18(26)23-16(15)25/h3-6H,8H2,1-2H3,(H,21,24)(H2,20,23,25,26). The van der Waals surface area contributed by atoms with Crippen LogP contribution in [0.3, 0.4) is 0 Å². The number of aryl methyl sites for hydroxylation is 2. The summed E-state index contributed by atoms with van der Waals surface area (Å²) in [6.45, 7) is 3.44. The van der Waals surface area contributed by atoms with Crippen molar-refractivity contribution in [2.45, 2.75) is 18.9 Å². The van der Waals surface area contributed by atoms with Crippen LogP contribution in [0.15, 0.2) is 38.9 Å². The molecule has 3 rings (SSSR count). The first-order valence-corrected chi connectivity index (χ1v) is 8.94. The first kappa shape index (κ1) is 18.4. The summed E-state index contributed by atoms with van der Waals surface area (Å²) in [7, 11) is 0. The number of carbonyl (C=O) groups excluding carboxylic acids is 1. The molecule has 1 amide bonds. The molecule has 136 valence electrons. The maximum atomic E-state index is 12.2. The molecule has 9 heteroatoms. The van der Waals surface area contributed by atoms with Crippen molar-refractivity contribution >= 4 is 34.3 Å². The summed E-state index contributed by atoms with van der Waals surface area (Å²) >= 11 is 1.11. The van der Waals surface area contributed by atoms with E-state index in [2.05, 4.69) is 26.3 Å². The van der Waals surface area contributed by atoms with Gasteiger partial charge in [0.05, 0.1) is 16.8 Å². The number of hydrogen-bond donors (Lipinski definition) is 3. The van der Waals surface area contributed by atoms with Gasteiger partial charge in [0, 0.05) is 11.1 Å². The van der Waals surface area contributed by atoms with Crippen LogP contribution >= 0.6 is 11.8 Å². The van der Waals surface area contributed by atoms with Crippen molar-refractivity contribution in [3.05, 3.63) is 61.9 Å². The van der Waals surface area contributed by atoms with Crippen molar-refractivity contribution in [1.82, 2.24) is 15.0 Å². The number of nitrogens with zero attached hydrogens (tertiary/aromatic N) is 2. The van der Waals surface area contributed by atoms with Crippen LogP contribution in [0.2, 0.25) is 0 Å². The molecule has 3 N–H and O–H groups in total. The molecule has 1 aromatic carbocycles. The van der Waals surface area contributed by atoms with E-state index in [0.717, 1.165) is 28.2 Å². The average Bonchev–Trinajstić information content (AvgIpc) is 2.62. The highest BCUT2D eigenvalue weighted by Crippen LogP contribution is 2.26. The van der Waals surface area contributed by atoms with Gasteiger partial charge in [-0.3, -0.25) is 14.6 Å². The maximum absolute atomic E-state index is 12.2. The zero-order valence-electron chi connectivity index (χ0n) is 14.5. The minimum atomic E-state index is -0.674. The number of aromatic amines is 2. The second-order valence-electron chi connectivity index (χ2n) is 5.84. The first-order chi connectivity index (χ1) is 12.9. The molecule has 0 fully saturated rings. The van der Waals surface area contributed by atoms with Crippen LogP contribution in [0.25, 0.3) is 10.9 Å². The van der Waals surface area contributed by atoms with Crippen LogP contribution in [-0.4, -0.2) is 26.6 Å². The van der Waals surface area contributed by atoms with Crippen molar-refractivity contribution in [3.8, 4) is 6.07 Å². The number of rotatable bonds is 4. The van der Waals surface area contributed by atoms with Gasteiger partial charge in [-0.2, -0.15) is 5.26 Å². The van der Waals surface area contributed by atoms with E-state index in [1.165, 1.54) is 6.92 Å². The molecule has 0 saturated carbocycles. The highest BCUT2D eigenvalue weighted by Gasteiger charge is 2.13. The lowest BCUT2D eigenvalue weighted by atomic mass is 10.1. The number of para-hydroxylation sites is 1. The minimum absolute atomic E-state index is 0.0111. The molecule has 2 aromatic heterocycles. The Hall–Kier alpha value is -3.38. The van der Waals surface area contributed by atoms with E-state index in [1.54, 1.807) is 6.07 Å². The normalized spacial score (nSPS) is 10.6. The second kappa shape index (κ2) is 7.47. The number of anilines is 1. The van der Waals surface area contributed by atoms with Crippen LogP contribution in [-0.2, 0) is 4.79 Å². The summed E-state index contributed by atoms with van der Waals surface area (Å²) < 4.78 is 0. The zero-order chi connectivity index (χ0) is 19.6. The highest BCUT2D eigenvalue weighted by molar-refractivity contribution is 8.00. The Morgan fingerprint density at radius 3 is 2.78 bits per heavy atom. The van der Waals surface area contributed by atoms with E-state index in [4.69, 9.17) is 0 Å². The number of aromatic nitrogens is 3. The summed E-state index contributed by atoms with van der Waals surface area (Å²) in [6.07, 6.45) is 0. The Bertz CT molecular complexity index is 1210. The lowest BCUT2D eigenvalue weighted by Crippen LogP contribution is -2.29. The van der Waals surface area contributed by atoms with Gasteiger partial charge in [0.15, 0.2) is 0 Å². The number of H-pyrrole nitrogens is 2. The van der Waals surface area contributed by atoms with Crippen molar-refractivity contribution < 1.29 is 4.79 Å². The van der Waals surface area contributed by atoms with Gasteiger partial charge in [-0.1, -0.05) is 30.0 Å². The maximum Gasteiger partial charge on any atom is 0.326 e. The van der Waals surface area contributed by atoms with Gasteiger partial charge in [0.1, 0.15) is 16.8 Å². The SMILES string of the molecule is Cc1[nH]c(=O)[nH]c(=O)c1NC(=O)CSc1nc2c(C)cccc2cc1C#N. The van der Waals surface area contributed by atoms with Gasteiger partial charge in [0.2, 0.25) is 5.91 Å². The van der Waals surface area contributed by atoms with E-state index in [9.17, 15) is 19.6 Å². The third-order valence-electron chi connectivity index (χ3n) is 3.87. The smallest absolute Gasteiger partial charge is 0.319 e. The molecule has 8 nitrogen and oxygen atoms in total. The molecule has 0 unspecified atom stereocenters. The number of thioether (sulfide) groups is 1. The quantitative estimate of drug-likeness (QED) is 0.591. The molecule has 0 saturated heterocycles. The largest absolute Gasteiger partial charge is 0.326 e. The highest BCUT2D eigenvalue weighted by atomic mass is 32.2. The minimum Gasteiger partial charge on any atom is -0.319 e. The van der Waals surface area contributed by atoms with Crippen LogP contribution in [0.4, 0.5) is 5.69 Å². The van der Waals surface area contributed by atoms with Gasteiger partial charge < -0.3 is 10.3 Å². The second-order valence-corrected chi connectivity index (χ2v) is 6.81. The van der Waals surface area contributed by atoms with E-state index in [1.807, 2.05) is 25.1 Å². The van der Waals surface area contributed by atoms with Crippen molar-refractivity contribution in [2.24, 2.45) is 0 Å². The number of nitriles is 1. The number of pyridine rings is 1. The number of amides is 1. The van der Waals surface area contributed by atoms with Gasteiger partial charge in [-0.15, -0.1) is 0 Å². The van der Waals surface area contributed by atoms with Crippen LogP contribution in [0.5, 0.6) is 0 Å². The molecule has 0 radical (unpaired) electrons. The predicted octanol–water partition coefficient (Wildman–Crippen LogP) is 1.83. The van der Waals surface area contributed by atoms with Crippen molar-refractivity contribution in [1.29, 1.82) is 5.26 Å². The first-order valence-electron chi connectivity index (χ1n) is 7.95. The third kappa shape index (κ3) is 3.91. The Morgan fingerprint density at radius 2 is 2.07 bits per heavy atom. The summed E-state index contributed by atoms with van der Waals surface area (Å²) in [5.41, 5.74) is 1.06. The molecule has 0 spiro atoms. The molecule has 0 bridgehead atoms. The third-order valence-corrected chi connectivity index (χ3v) is 4.86. The predicted molar refractivity (Wildman–Crippen MR) is 103 cm³/mol. The summed E-state index contributed by atoms with van der Waals surface area (Å²) in [6, 6.07) is 9.53. The number of nitrogens with one attached hydrogen (secondary N) is 3. The van der Waals surface area contributed by atoms with Crippen LogP contribution in [0.1, 0.15) is 16.8 Å². The molecule has 0 aliphatic heterocycles. The summed E-state index contributed by atoms with van der Waals surface area (Å²) in [4.78, 5) is 44.2. The molecule has 3 aromatic rings. The molecule has 2 heterocycles. The van der Waals surface area contributed by atoms with Crippen molar-refractivity contribution in [3.63, 3.8) is 0 Å². The van der Waals surface area contributed by atoms with E-state index < -0.39 is 17.2 Å². The van der Waals surface area contributed by atoms with Crippen LogP contribution in [0, 0.1) is 25.2 Å². The molecule has 27 heavy (non-hydrogen) atoms. The van der Waals surface area contributed by atoms with Crippen LogP contribution < -0.4 is 16.6 Å². The van der Waals surface area contributed by atoms with Gasteiger partial charge in [0.25, 0.3) is 5.56 Å². The molecule has 0 aliphatic rings. The number of fused-ring (bicyclic) bond motifs is 1. The molecule has 0 aliphatic carbocycles. The van der Waals surface area contributed by atoms with E-state index in [-0.39, 0.29) is 17.1 Å². The fourth-order valence-electron chi connectivity index (χ4n) is 2.58. The summed E-state index contributed by atoms with van der Waals surface area (Å²) in [5.74, 6) is -0.493.